The Kier molecular flexibility index (Phi) is 6.84. The monoisotopic (exact) mass is 257 g/mol. The van der Waals surface area contributed by atoms with Gasteiger partial charge in [0.05, 0.1) is 6.61 Å². The maximum absolute atomic E-state index is 11.9. The third kappa shape index (κ3) is 5.30. The first-order chi connectivity index (χ1) is 8.27. The fourth-order valence-electron chi connectivity index (χ4n) is 1.38. The minimum atomic E-state index is 0.00935. The molecule has 0 spiro atoms. The maximum Gasteiger partial charge on any atom is 0.248 e. The number of thiophene rings is 1. The lowest BCUT2D eigenvalue weighted by Gasteiger charge is -2.21. The number of methoxy groups -OCH3 is 1. The minimum Gasteiger partial charge on any atom is -0.383 e. The number of hydrogen-bond acceptors (Lipinski definition) is 4. The first kappa shape index (κ1) is 14.2. The van der Waals surface area contributed by atoms with Crippen LogP contribution in [-0.4, -0.2) is 44.3 Å². The van der Waals surface area contributed by atoms with Crippen LogP contribution >= 0.6 is 11.3 Å². The van der Waals surface area contributed by atoms with Crippen LogP contribution in [0.2, 0.25) is 0 Å². The highest BCUT2D eigenvalue weighted by molar-refractivity contribution is 7.07. The smallest absolute Gasteiger partial charge is 0.248 e. The van der Waals surface area contributed by atoms with Gasteiger partial charge in [0, 0.05) is 26.8 Å². The van der Waals surface area contributed by atoms with E-state index in [1.165, 1.54) is 0 Å². The zero-order valence-corrected chi connectivity index (χ0v) is 11.2. The van der Waals surface area contributed by atoms with Gasteiger partial charge >= 0.3 is 0 Å². The summed E-state index contributed by atoms with van der Waals surface area (Å²) in [5.74, 6) is 0.00935. The van der Waals surface area contributed by atoms with Gasteiger partial charge in [-0.25, -0.2) is 0 Å². The highest BCUT2D eigenvalue weighted by Gasteiger charge is 2.13. The van der Waals surface area contributed by atoms with Gasteiger partial charge in [-0.3, -0.25) is 4.79 Å². The van der Waals surface area contributed by atoms with Gasteiger partial charge in [-0.2, -0.15) is 11.3 Å². The molecule has 0 unspecified atom stereocenters. The first-order valence-corrected chi connectivity index (χ1v) is 6.57. The maximum atomic E-state index is 11.9. The van der Waals surface area contributed by atoms with Crippen molar-refractivity contribution in [2.45, 2.75) is 13.5 Å². The molecule has 0 atom stereocenters. The lowest BCUT2D eigenvalue weighted by molar-refractivity contribution is -0.137. The van der Waals surface area contributed by atoms with Crippen molar-refractivity contribution < 1.29 is 14.3 Å². The predicted octanol–water partition coefficient (Wildman–Crippen LogP) is 1.76. The van der Waals surface area contributed by atoms with E-state index in [1.54, 1.807) is 23.3 Å². The fraction of sp³-hybridized carbons (Fsp3) is 0.583. The molecule has 0 saturated heterocycles. The molecule has 0 bridgehead atoms. The van der Waals surface area contributed by atoms with Crippen molar-refractivity contribution in [2.75, 3.05) is 33.5 Å². The molecule has 17 heavy (non-hydrogen) atoms. The summed E-state index contributed by atoms with van der Waals surface area (Å²) in [5.41, 5.74) is 1.15. The van der Waals surface area contributed by atoms with Crippen molar-refractivity contribution in [2.24, 2.45) is 0 Å². The Morgan fingerprint density at radius 3 is 2.94 bits per heavy atom. The summed E-state index contributed by atoms with van der Waals surface area (Å²) in [6.45, 7) is 4.34. The van der Waals surface area contributed by atoms with Crippen LogP contribution in [0, 0.1) is 0 Å². The highest BCUT2D eigenvalue weighted by atomic mass is 32.1. The van der Waals surface area contributed by atoms with Crippen LogP contribution in [0.1, 0.15) is 12.5 Å². The second kappa shape index (κ2) is 8.22. The fourth-order valence-corrected chi connectivity index (χ4v) is 2.04. The van der Waals surface area contributed by atoms with Crippen molar-refractivity contribution in [3.8, 4) is 0 Å². The summed E-state index contributed by atoms with van der Waals surface area (Å²) in [6, 6.07) is 2.03. The van der Waals surface area contributed by atoms with Crippen molar-refractivity contribution in [3.63, 3.8) is 0 Å². The van der Waals surface area contributed by atoms with Crippen LogP contribution in [0.25, 0.3) is 0 Å². The van der Waals surface area contributed by atoms with Crippen LogP contribution in [0.4, 0.5) is 0 Å². The zero-order chi connectivity index (χ0) is 12.5. The van der Waals surface area contributed by atoms with E-state index in [4.69, 9.17) is 9.47 Å². The molecule has 1 rings (SSSR count). The van der Waals surface area contributed by atoms with E-state index in [2.05, 4.69) is 0 Å². The molecule has 5 heteroatoms. The Labute approximate surface area is 106 Å². The third-order valence-electron chi connectivity index (χ3n) is 2.30. The summed E-state index contributed by atoms with van der Waals surface area (Å²) < 4.78 is 10.2. The van der Waals surface area contributed by atoms with E-state index >= 15 is 0 Å². The molecule has 1 amide bonds. The molecule has 1 heterocycles. The standard InChI is InChI=1S/C12H19NO3S/c1-3-16-9-12(14)13(5-6-15-2)8-11-4-7-17-10-11/h4,7,10H,3,5-6,8-9H2,1-2H3. The van der Waals surface area contributed by atoms with Gasteiger partial charge in [-0.1, -0.05) is 0 Å². The van der Waals surface area contributed by atoms with E-state index in [1.807, 2.05) is 23.8 Å². The van der Waals surface area contributed by atoms with E-state index in [0.29, 0.717) is 26.3 Å². The molecule has 1 aromatic rings. The van der Waals surface area contributed by atoms with Gasteiger partial charge in [0.25, 0.3) is 0 Å². The van der Waals surface area contributed by atoms with Crippen molar-refractivity contribution >= 4 is 17.2 Å². The molecule has 0 aliphatic heterocycles. The Bertz CT molecular complexity index is 314. The van der Waals surface area contributed by atoms with Crippen molar-refractivity contribution in [3.05, 3.63) is 22.4 Å². The summed E-state index contributed by atoms with van der Waals surface area (Å²) in [7, 11) is 1.63. The predicted molar refractivity (Wildman–Crippen MR) is 68.1 cm³/mol. The second-order valence-corrected chi connectivity index (χ2v) is 4.36. The van der Waals surface area contributed by atoms with Crippen LogP contribution in [0.3, 0.4) is 0 Å². The van der Waals surface area contributed by atoms with E-state index < -0.39 is 0 Å². The van der Waals surface area contributed by atoms with E-state index in [9.17, 15) is 4.79 Å². The Balaban J connectivity index is 2.50. The number of carbonyl (C=O) groups is 1. The van der Waals surface area contributed by atoms with Crippen molar-refractivity contribution in [1.29, 1.82) is 0 Å². The Morgan fingerprint density at radius 1 is 1.53 bits per heavy atom. The third-order valence-corrected chi connectivity index (χ3v) is 3.03. The normalized spacial score (nSPS) is 10.5. The zero-order valence-electron chi connectivity index (χ0n) is 10.3. The molecule has 96 valence electrons. The van der Waals surface area contributed by atoms with Gasteiger partial charge in [0.15, 0.2) is 0 Å². The number of rotatable bonds is 8. The molecule has 0 aliphatic carbocycles. The van der Waals surface area contributed by atoms with Crippen LogP contribution < -0.4 is 0 Å². The first-order valence-electron chi connectivity index (χ1n) is 5.63. The van der Waals surface area contributed by atoms with Gasteiger partial charge in [0.1, 0.15) is 6.61 Å². The summed E-state index contributed by atoms with van der Waals surface area (Å²) in [5, 5.41) is 4.06. The summed E-state index contributed by atoms with van der Waals surface area (Å²) in [4.78, 5) is 13.6. The number of nitrogens with zero attached hydrogens (tertiary/aromatic N) is 1. The molecule has 0 radical (unpaired) electrons. The SMILES string of the molecule is CCOCC(=O)N(CCOC)Cc1ccsc1. The number of carbonyl (C=O) groups excluding carboxylic acids is 1. The summed E-state index contributed by atoms with van der Waals surface area (Å²) >= 11 is 1.63. The van der Waals surface area contributed by atoms with Gasteiger partial charge in [0.2, 0.25) is 5.91 Å². The molecule has 0 aromatic carbocycles. The molecule has 1 aromatic heterocycles. The lowest BCUT2D eigenvalue weighted by atomic mass is 10.3. The summed E-state index contributed by atoms with van der Waals surface area (Å²) in [6.07, 6.45) is 0. The Hall–Kier alpha value is -0.910. The van der Waals surface area contributed by atoms with Gasteiger partial charge in [-0.05, 0) is 29.3 Å². The van der Waals surface area contributed by atoms with Gasteiger partial charge < -0.3 is 14.4 Å². The van der Waals surface area contributed by atoms with Gasteiger partial charge in [-0.15, -0.1) is 0 Å². The second-order valence-electron chi connectivity index (χ2n) is 3.58. The lowest BCUT2D eigenvalue weighted by Crippen LogP contribution is -2.36. The molecular formula is C12H19NO3S. The van der Waals surface area contributed by atoms with Crippen LogP contribution in [0.15, 0.2) is 16.8 Å². The van der Waals surface area contributed by atoms with Crippen LogP contribution in [-0.2, 0) is 20.8 Å². The van der Waals surface area contributed by atoms with Crippen molar-refractivity contribution in [1.82, 2.24) is 4.90 Å². The molecule has 0 N–H and O–H groups in total. The number of hydrogen-bond donors (Lipinski definition) is 0. The largest absolute Gasteiger partial charge is 0.383 e. The average molecular weight is 257 g/mol. The molecule has 4 nitrogen and oxygen atoms in total. The number of ether oxygens (including phenoxy) is 2. The highest BCUT2D eigenvalue weighted by Crippen LogP contribution is 2.09. The quantitative estimate of drug-likeness (QED) is 0.712. The number of amides is 1. The minimum absolute atomic E-state index is 0.00935. The molecule has 0 saturated carbocycles. The van der Waals surface area contributed by atoms with E-state index in [-0.39, 0.29) is 12.5 Å². The van der Waals surface area contributed by atoms with E-state index in [0.717, 1.165) is 5.56 Å². The average Bonchev–Trinajstić information content (AvgIpc) is 2.84. The van der Waals surface area contributed by atoms with Crippen LogP contribution in [0.5, 0.6) is 0 Å². The Morgan fingerprint density at radius 2 is 2.35 bits per heavy atom. The molecule has 0 aliphatic rings. The molecular weight excluding hydrogens is 238 g/mol. The molecule has 0 fully saturated rings. The topological polar surface area (TPSA) is 38.8 Å².